The summed E-state index contributed by atoms with van der Waals surface area (Å²) in [6.45, 7) is 7.46. The second-order valence-electron chi connectivity index (χ2n) is 8.68. The van der Waals surface area contributed by atoms with Gasteiger partial charge >= 0.3 is 5.69 Å². The fraction of sp³-hybridized carbons (Fsp3) is 0.385. The number of hydrogen-bond acceptors (Lipinski definition) is 6. The summed E-state index contributed by atoms with van der Waals surface area (Å²) in [6.07, 6.45) is 0.857. The fourth-order valence-electron chi connectivity index (χ4n) is 4.56. The first-order chi connectivity index (χ1) is 16.8. The molecule has 0 spiro atoms. The SMILES string of the molecule is O=c1[nH]c2c(NCCN3CCOCC3)nc3ccccc3c2n1CCCNCc1ccccc1. The molecule has 0 saturated carbocycles. The lowest BCUT2D eigenvalue weighted by atomic mass is 10.2. The number of aromatic amines is 1. The van der Waals surface area contributed by atoms with Gasteiger partial charge in [0, 0.05) is 44.7 Å². The lowest BCUT2D eigenvalue weighted by molar-refractivity contribution is 0.0398. The third-order valence-electron chi connectivity index (χ3n) is 6.34. The molecule has 0 bridgehead atoms. The Labute approximate surface area is 198 Å². The van der Waals surface area contributed by atoms with Crippen LogP contribution in [0.15, 0.2) is 59.4 Å². The molecule has 1 fully saturated rings. The van der Waals surface area contributed by atoms with Crippen LogP contribution in [-0.4, -0.2) is 65.4 Å². The monoisotopic (exact) mass is 460 g/mol. The third kappa shape index (κ3) is 5.14. The molecule has 2 aromatic heterocycles. The highest BCUT2D eigenvalue weighted by Gasteiger charge is 2.16. The molecule has 0 atom stereocenters. The summed E-state index contributed by atoms with van der Waals surface area (Å²) in [5.41, 5.74) is 3.76. The number of para-hydroxylation sites is 1. The molecule has 0 unspecified atom stereocenters. The number of fused-ring (bicyclic) bond motifs is 3. The van der Waals surface area contributed by atoms with Gasteiger partial charge in [-0.25, -0.2) is 9.78 Å². The van der Waals surface area contributed by atoms with E-state index in [1.54, 1.807) is 0 Å². The zero-order valence-corrected chi connectivity index (χ0v) is 19.4. The van der Waals surface area contributed by atoms with Crippen LogP contribution >= 0.6 is 0 Å². The van der Waals surface area contributed by atoms with Crippen molar-refractivity contribution in [3.05, 3.63) is 70.6 Å². The van der Waals surface area contributed by atoms with Gasteiger partial charge in [-0.05, 0) is 24.6 Å². The van der Waals surface area contributed by atoms with Gasteiger partial charge in [0.2, 0.25) is 0 Å². The Bertz CT molecular complexity index is 1280. The predicted molar refractivity (Wildman–Crippen MR) is 136 cm³/mol. The summed E-state index contributed by atoms with van der Waals surface area (Å²) in [5, 5.41) is 7.94. The Morgan fingerprint density at radius 1 is 0.971 bits per heavy atom. The van der Waals surface area contributed by atoms with Crippen molar-refractivity contribution in [2.24, 2.45) is 0 Å². The number of nitrogens with one attached hydrogen (secondary N) is 3. The molecule has 0 radical (unpaired) electrons. The minimum absolute atomic E-state index is 0.0903. The van der Waals surface area contributed by atoms with E-state index in [1.807, 2.05) is 47.0 Å². The number of nitrogens with zero attached hydrogens (tertiary/aromatic N) is 3. The first-order valence-corrected chi connectivity index (χ1v) is 12.1. The third-order valence-corrected chi connectivity index (χ3v) is 6.34. The summed E-state index contributed by atoms with van der Waals surface area (Å²) >= 11 is 0. The van der Waals surface area contributed by atoms with Crippen LogP contribution in [0.25, 0.3) is 21.9 Å². The minimum Gasteiger partial charge on any atom is -0.379 e. The van der Waals surface area contributed by atoms with Gasteiger partial charge < -0.3 is 20.4 Å². The van der Waals surface area contributed by atoms with Crippen molar-refractivity contribution < 1.29 is 4.74 Å². The first-order valence-electron chi connectivity index (χ1n) is 12.1. The highest BCUT2D eigenvalue weighted by atomic mass is 16.5. The van der Waals surface area contributed by atoms with Crippen LogP contribution in [0.2, 0.25) is 0 Å². The van der Waals surface area contributed by atoms with Crippen molar-refractivity contribution in [3.8, 4) is 0 Å². The van der Waals surface area contributed by atoms with E-state index < -0.39 is 0 Å². The largest absolute Gasteiger partial charge is 0.379 e. The number of imidazole rings is 1. The number of H-pyrrole nitrogens is 1. The molecule has 178 valence electrons. The highest BCUT2D eigenvalue weighted by Crippen LogP contribution is 2.27. The average molecular weight is 461 g/mol. The van der Waals surface area contributed by atoms with Crippen molar-refractivity contribution in [1.29, 1.82) is 0 Å². The van der Waals surface area contributed by atoms with E-state index >= 15 is 0 Å². The molecule has 8 nitrogen and oxygen atoms in total. The standard InChI is InChI=1S/C26H32N6O2/c33-26-30-23-24(32(26)13-6-11-27-19-20-7-2-1-3-8-20)21-9-4-5-10-22(21)29-25(23)28-12-14-31-15-17-34-18-16-31/h1-5,7-10,27H,6,11-19H2,(H,28,29)(H,30,33). The molecule has 1 aliphatic rings. The lowest BCUT2D eigenvalue weighted by Crippen LogP contribution is -2.39. The van der Waals surface area contributed by atoms with Crippen LogP contribution in [0.5, 0.6) is 0 Å². The molecule has 4 aromatic rings. The molecule has 8 heteroatoms. The summed E-state index contributed by atoms with van der Waals surface area (Å²) in [4.78, 5) is 23.2. The van der Waals surface area contributed by atoms with Gasteiger partial charge in [0.1, 0.15) is 5.52 Å². The van der Waals surface area contributed by atoms with Gasteiger partial charge in [0.25, 0.3) is 0 Å². The number of hydrogen-bond donors (Lipinski definition) is 3. The smallest absolute Gasteiger partial charge is 0.326 e. The maximum atomic E-state index is 13.0. The van der Waals surface area contributed by atoms with Gasteiger partial charge in [-0.15, -0.1) is 0 Å². The number of morpholine rings is 1. The van der Waals surface area contributed by atoms with E-state index in [4.69, 9.17) is 9.72 Å². The lowest BCUT2D eigenvalue weighted by Gasteiger charge is -2.26. The van der Waals surface area contributed by atoms with Gasteiger partial charge in [-0.2, -0.15) is 0 Å². The molecular formula is C26H32N6O2. The Kier molecular flexibility index (Phi) is 7.19. The summed E-state index contributed by atoms with van der Waals surface area (Å²) in [7, 11) is 0. The van der Waals surface area contributed by atoms with Crippen molar-refractivity contribution >= 4 is 27.8 Å². The van der Waals surface area contributed by atoms with Gasteiger partial charge in [0.05, 0.1) is 24.2 Å². The maximum Gasteiger partial charge on any atom is 0.326 e. The zero-order valence-electron chi connectivity index (χ0n) is 19.4. The fourth-order valence-corrected chi connectivity index (χ4v) is 4.56. The molecule has 0 aliphatic carbocycles. The van der Waals surface area contributed by atoms with Gasteiger partial charge in [-0.1, -0.05) is 48.5 Å². The molecule has 34 heavy (non-hydrogen) atoms. The molecule has 3 heterocycles. The van der Waals surface area contributed by atoms with Crippen molar-refractivity contribution in [3.63, 3.8) is 0 Å². The Morgan fingerprint density at radius 3 is 2.62 bits per heavy atom. The van der Waals surface area contributed by atoms with E-state index in [0.717, 1.165) is 86.7 Å². The van der Waals surface area contributed by atoms with E-state index in [2.05, 4.69) is 32.7 Å². The summed E-state index contributed by atoms with van der Waals surface area (Å²) in [5.74, 6) is 0.736. The number of benzene rings is 2. The zero-order chi connectivity index (χ0) is 23.2. The second-order valence-corrected chi connectivity index (χ2v) is 8.68. The Hall–Kier alpha value is -3.20. The Morgan fingerprint density at radius 2 is 1.76 bits per heavy atom. The molecule has 5 rings (SSSR count). The van der Waals surface area contributed by atoms with Crippen LogP contribution in [0, 0.1) is 0 Å². The van der Waals surface area contributed by atoms with Crippen LogP contribution in [0.3, 0.4) is 0 Å². The molecule has 1 saturated heterocycles. The summed E-state index contributed by atoms with van der Waals surface area (Å²) in [6, 6.07) is 18.4. The Balaban J connectivity index is 1.31. The summed E-state index contributed by atoms with van der Waals surface area (Å²) < 4.78 is 7.29. The van der Waals surface area contributed by atoms with E-state index in [9.17, 15) is 4.79 Å². The minimum atomic E-state index is -0.0903. The van der Waals surface area contributed by atoms with E-state index in [-0.39, 0.29) is 5.69 Å². The molecule has 2 aromatic carbocycles. The predicted octanol–water partition coefficient (Wildman–Crippen LogP) is 2.80. The van der Waals surface area contributed by atoms with Crippen molar-refractivity contribution in [2.45, 2.75) is 19.5 Å². The first kappa shape index (κ1) is 22.6. The molecule has 3 N–H and O–H groups in total. The number of anilines is 1. The van der Waals surface area contributed by atoms with Crippen LogP contribution in [0.1, 0.15) is 12.0 Å². The molecule has 1 aliphatic heterocycles. The van der Waals surface area contributed by atoms with Crippen LogP contribution < -0.4 is 16.3 Å². The van der Waals surface area contributed by atoms with E-state index in [1.165, 1.54) is 5.56 Å². The number of rotatable bonds is 10. The number of ether oxygens (including phenoxy) is 1. The van der Waals surface area contributed by atoms with Crippen molar-refractivity contribution in [1.82, 2.24) is 24.8 Å². The second kappa shape index (κ2) is 10.8. The number of pyridine rings is 1. The molecular weight excluding hydrogens is 428 g/mol. The van der Waals surface area contributed by atoms with Gasteiger partial charge in [0.15, 0.2) is 5.82 Å². The molecule has 0 amide bonds. The van der Waals surface area contributed by atoms with E-state index in [0.29, 0.717) is 6.54 Å². The number of aryl methyl sites for hydroxylation is 1. The normalized spacial score (nSPS) is 14.7. The van der Waals surface area contributed by atoms with Crippen molar-refractivity contribution in [2.75, 3.05) is 51.3 Å². The number of aromatic nitrogens is 3. The maximum absolute atomic E-state index is 13.0. The van der Waals surface area contributed by atoms with Crippen LogP contribution in [-0.2, 0) is 17.8 Å². The van der Waals surface area contributed by atoms with Crippen LogP contribution in [0.4, 0.5) is 5.82 Å². The topological polar surface area (TPSA) is 87.2 Å². The quantitative estimate of drug-likeness (QED) is 0.316. The average Bonchev–Trinajstić information content (AvgIpc) is 3.21. The highest BCUT2D eigenvalue weighted by molar-refractivity contribution is 6.06. The van der Waals surface area contributed by atoms with Gasteiger partial charge in [-0.3, -0.25) is 9.47 Å².